The summed E-state index contributed by atoms with van der Waals surface area (Å²) in [5.41, 5.74) is 0.756. The van der Waals surface area contributed by atoms with E-state index >= 15 is 0 Å². The quantitative estimate of drug-likeness (QED) is 0.636. The van der Waals surface area contributed by atoms with Crippen molar-refractivity contribution < 1.29 is 9.66 Å². The van der Waals surface area contributed by atoms with Crippen molar-refractivity contribution in [2.75, 3.05) is 25.1 Å². The maximum atomic E-state index is 11.0. The smallest absolute Gasteiger partial charge is 0.293 e. The molecule has 0 bridgehead atoms. The summed E-state index contributed by atoms with van der Waals surface area (Å²) in [5, 5.41) is 11.0. The first kappa shape index (κ1) is 12.2. The molecule has 17 heavy (non-hydrogen) atoms. The van der Waals surface area contributed by atoms with Gasteiger partial charge in [-0.15, -0.1) is 0 Å². The number of halogens is 1. The van der Waals surface area contributed by atoms with Crippen molar-refractivity contribution in [3.8, 4) is 5.75 Å². The van der Waals surface area contributed by atoms with Crippen LogP contribution in [0.25, 0.3) is 0 Å². The zero-order valence-corrected chi connectivity index (χ0v) is 11.1. The molecule has 1 heterocycles. The standard InChI is InChI=1S/C11H13BrN2O3/c1-17-9-5-4-8(14(15)16)11(10(9)12)13-6-2-3-7-13/h4-5H,2-3,6-7H2,1H3. The number of benzene rings is 1. The van der Waals surface area contributed by atoms with Crippen LogP contribution in [0.3, 0.4) is 0 Å². The minimum absolute atomic E-state index is 0.125. The number of methoxy groups -OCH3 is 1. The molecule has 0 aromatic heterocycles. The highest BCUT2D eigenvalue weighted by atomic mass is 79.9. The third kappa shape index (κ3) is 2.22. The van der Waals surface area contributed by atoms with Gasteiger partial charge in [-0.2, -0.15) is 0 Å². The summed E-state index contributed by atoms with van der Waals surface area (Å²) in [6.45, 7) is 1.71. The van der Waals surface area contributed by atoms with E-state index in [-0.39, 0.29) is 10.6 Å². The molecule has 5 nitrogen and oxygen atoms in total. The summed E-state index contributed by atoms with van der Waals surface area (Å²) < 4.78 is 5.85. The van der Waals surface area contributed by atoms with Crippen LogP contribution in [0.5, 0.6) is 5.75 Å². The number of hydrogen-bond acceptors (Lipinski definition) is 4. The van der Waals surface area contributed by atoms with Gasteiger partial charge in [0.2, 0.25) is 0 Å². The van der Waals surface area contributed by atoms with Gasteiger partial charge >= 0.3 is 0 Å². The second kappa shape index (κ2) is 4.91. The summed E-state index contributed by atoms with van der Waals surface area (Å²) in [6.07, 6.45) is 2.14. The molecular weight excluding hydrogens is 288 g/mol. The van der Waals surface area contributed by atoms with Crippen LogP contribution in [0.4, 0.5) is 11.4 Å². The first-order valence-electron chi connectivity index (χ1n) is 5.41. The molecule has 1 aromatic rings. The molecule has 0 unspecified atom stereocenters. The number of rotatable bonds is 3. The normalized spacial score (nSPS) is 15.1. The highest BCUT2D eigenvalue weighted by molar-refractivity contribution is 9.10. The molecule has 0 N–H and O–H groups in total. The lowest BCUT2D eigenvalue weighted by Gasteiger charge is -2.20. The Morgan fingerprint density at radius 3 is 2.59 bits per heavy atom. The Labute approximate surface area is 108 Å². The molecule has 0 radical (unpaired) electrons. The second-order valence-electron chi connectivity index (χ2n) is 3.90. The Kier molecular flexibility index (Phi) is 3.51. The SMILES string of the molecule is COc1ccc([N+](=O)[O-])c(N2CCCC2)c1Br. The van der Waals surface area contributed by atoms with Gasteiger partial charge in [-0.25, -0.2) is 0 Å². The summed E-state index contributed by atoms with van der Waals surface area (Å²) in [7, 11) is 1.56. The molecule has 1 aliphatic heterocycles. The molecule has 0 atom stereocenters. The maximum absolute atomic E-state index is 11.0. The fourth-order valence-corrected chi connectivity index (χ4v) is 2.83. The predicted octanol–water partition coefficient (Wildman–Crippen LogP) is 2.97. The van der Waals surface area contributed by atoms with Crippen molar-refractivity contribution in [1.82, 2.24) is 0 Å². The minimum atomic E-state index is -0.349. The van der Waals surface area contributed by atoms with Crippen molar-refractivity contribution in [3.63, 3.8) is 0 Å². The van der Waals surface area contributed by atoms with Gasteiger partial charge in [0, 0.05) is 19.2 Å². The van der Waals surface area contributed by atoms with Gasteiger partial charge in [0.1, 0.15) is 11.4 Å². The van der Waals surface area contributed by atoms with E-state index < -0.39 is 0 Å². The van der Waals surface area contributed by atoms with Crippen LogP contribution < -0.4 is 9.64 Å². The monoisotopic (exact) mass is 300 g/mol. The van der Waals surface area contributed by atoms with Crippen molar-refractivity contribution in [2.45, 2.75) is 12.8 Å². The van der Waals surface area contributed by atoms with E-state index in [2.05, 4.69) is 15.9 Å². The second-order valence-corrected chi connectivity index (χ2v) is 4.69. The van der Waals surface area contributed by atoms with Crippen LogP contribution >= 0.6 is 15.9 Å². The van der Waals surface area contributed by atoms with Crippen molar-refractivity contribution in [1.29, 1.82) is 0 Å². The van der Waals surface area contributed by atoms with Crippen molar-refractivity contribution in [2.24, 2.45) is 0 Å². The molecule has 1 aliphatic rings. The van der Waals surface area contributed by atoms with Crippen LogP contribution in [-0.2, 0) is 0 Å². The van der Waals surface area contributed by atoms with E-state index in [4.69, 9.17) is 4.74 Å². The Balaban J connectivity index is 2.53. The topological polar surface area (TPSA) is 55.6 Å². The van der Waals surface area contributed by atoms with E-state index in [1.54, 1.807) is 13.2 Å². The molecule has 2 rings (SSSR count). The molecule has 0 spiro atoms. The highest BCUT2D eigenvalue weighted by Gasteiger charge is 2.26. The molecule has 0 amide bonds. The number of hydrogen-bond donors (Lipinski definition) is 0. The Morgan fingerprint density at radius 2 is 2.06 bits per heavy atom. The van der Waals surface area contributed by atoms with Crippen molar-refractivity contribution >= 4 is 27.3 Å². The lowest BCUT2D eigenvalue weighted by molar-refractivity contribution is -0.384. The van der Waals surface area contributed by atoms with Crippen LogP contribution in [0.2, 0.25) is 0 Å². The molecule has 1 fully saturated rings. The largest absolute Gasteiger partial charge is 0.495 e. The van der Waals surface area contributed by atoms with Gasteiger partial charge in [0.25, 0.3) is 5.69 Å². The molecule has 1 aromatic carbocycles. The van der Waals surface area contributed by atoms with Gasteiger partial charge in [0.05, 0.1) is 16.5 Å². The zero-order valence-electron chi connectivity index (χ0n) is 9.48. The number of nitro benzene ring substituents is 1. The van der Waals surface area contributed by atoms with Crippen LogP contribution in [0.1, 0.15) is 12.8 Å². The minimum Gasteiger partial charge on any atom is -0.495 e. The number of ether oxygens (including phenoxy) is 1. The highest BCUT2D eigenvalue weighted by Crippen LogP contribution is 2.42. The predicted molar refractivity (Wildman–Crippen MR) is 68.8 cm³/mol. The third-order valence-corrected chi connectivity index (χ3v) is 3.66. The third-order valence-electron chi connectivity index (χ3n) is 2.90. The maximum Gasteiger partial charge on any atom is 0.293 e. The Hall–Kier alpha value is -1.30. The van der Waals surface area contributed by atoms with Gasteiger partial charge < -0.3 is 9.64 Å². The molecule has 6 heteroatoms. The van der Waals surface area contributed by atoms with E-state index in [9.17, 15) is 10.1 Å². The Bertz CT molecular complexity index is 445. The number of nitrogens with zero attached hydrogens (tertiary/aromatic N) is 2. The van der Waals surface area contributed by atoms with Crippen LogP contribution in [-0.4, -0.2) is 25.1 Å². The van der Waals surface area contributed by atoms with Gasteiger partial charge in [-0.1, -0.05) is 0 Å². The molecular formula is C11H13BrN2O3. The van der Waals surface area contributed by atoms with Crippen molar-refractivity contribution in [3.05, 3.63) is 26.7 Å². The van der Waals surface area contributed by atoms with E-state index in [1.807, 2.05) is 4.90 Å². The number of anilines is 1. The molecule has 0 saturated carbocycles. The fraction of sp³-hybridized carbons (Fsp3) is 0.455. The van der Waals surface area contributed by atoms with Crippen LogP contribution in [0, 0.1) is 10.1 Å². The summed E-state index contributed by atoms with van der Waals surface area (Å²) in [5.74, 6) is 0.623. The average molecular weight is 301 g/mol. The first-order valence-corrected chi connectivity index (χ1v) is 6.20. The van der Waals surface area contributed by atoms with Gasteiger partial charge in [0.15, 0.2) is 0 Å². The summed E-state index contributed by atoms with van der Waals surface area (Å²) >= 11 is 3.40. The number of nitro groups is 1. The average Bonchev–Trinajstić information content (AvgIpc) is 2.81. The Morgan fingerprint density at radius 1 is 1.41 bits per heavy atom. The first-order chi connectivity index (χ1) is 8.15. The van der Waals surface area contributed by atoms with E-state index in [1.165, 1.54) is 6.07 Å². The zero-order chi connectivity index (χ0) is 12.4. The van der Waals surface area contributed by atoms with Gasteiger partial charge in [-0.05, 0) is 34.8 Å². The van der Waals surface area contributed by atoms with Gasteiger partial charge in [-0.3, -0.25) is 10.1 Å². The lowest BCUT2D eigenvalue weighted by Crippen LogP contribution is -2.19. The molecule has 92 valence electrons. The molecule has 1 saturated heterocycles. The van der Waals surface area contributed by atoms with Crippen LogP contribution in [0.15, 0.2) is 16.6 Å². The summed E-state index contributed by atoms with van der Waals surface area (Å²) in [4.78, 5) is 12.7. The fourth-order valence-electron chi connectivity index (χ4n) is 2.08. The molecule has 0 aliphatic carbocycles. The van der Waals surface area contributed by atoms with E-state index in [0.717, 1.165) is 25.9 Å². The summed E-state index contributed by atoms with van der Waals surface area (Å²) in [6, 6.07) is 3.11. The van der Waals surface area contributed by atoms with E-state index in [0.29, 0.717) is 15.9 Å². The lowest BCUT2D eigenvalue weighted by atomic mass is 10.2.